The Kier molecular flexibility index (Phi) is 4.28. The molecule has 1 saturated carbocycles. The minimum Gasteiger partial charge on any atom is -0.325 e. The summed E-state index contributed by atoms with van der Waals surface area (Å²) in [6.45, 7) is 5.28. The van der Waals surface area contributed by atoms with Gasteiger partial charge < -0.3 is 15.5 Å². The average Bonchev–Trinajstić information content (AvgIpc) is 2.82. The maximum Gasteiger partial charge on any atom is 0.321 e. The van der Waals surface area contributed by atoms with E-state index in [-0.39, 0.29) is 17.4 Å². The van der Waals surface area contributed by atoms with Crippen LogP contribution in [0.25, 0.3) is 0 Å². The van der Waals surface area contributed by atoms with Crippen molar-refractivity contribution in [1.82, 2.24) is 4.90 Å². The van der Waals surface area contributed by atoms with Crippen LogP contribution in [-0.2, 0) is 10.2 Å². The molecular weight excluding hydrogens is 290 g/mol. The van der Waals surface area contributed by atoms with Crippen molar-refractivity contribution in [2.75, 3.05) is 23.7 Å². The molecule has 3 amide bonds. The van der Waals surface area contributed by atoms with Crippen LogP contribution >= 0.6 is 0 Å². The van der Waals surface area contributed by atoms with Gasteiger partial charge in [-0.15, -0.1) is 0 Å². The molecule has 5 nitrogen and oxygen atoms in total. The first-order valence-electron chi connectivity index (χ1n) is 8.62. The lowest BCUT2D eigenvalue weighted by atomic mass is 9.70. The quantitative estimate of drug-likeness (QED) is 0.893. The second-order valence-electron chi connectivity index (χ2n) is 6.46. The molecule has 3 rings (SSSR count). The molecule has 1 fully saturated rings. The number of nitrogens with one attached hydrogen (secondary N) is 2. The van der Waals surface area contributed by atoms with Crippen LogP contribution in [0.4, 0.5) is 16.2 Å². The summed E-state index contributed by atoms with van der Waals surface area (Å²) in [6.07, 6.45) is 5.17. The molecule has 5 heteroatoms. The Morgan fingerprint density at radius 2 is 1.91 bits per heavy atom. The molecule has 1 aliphatic carbocycles. The van der Waals surface area contributed by atoms with E-state index in [1.54, 1.807) is 4.90 Å². The van der Waals surface area contributed by atoms with E-state index in [0.717, 1.165) is 42.6 Å². The number of amides is 3. The highest BCUT2D eigenvalue weighted by Gasteiger charge is 2.47. The Balaban J connectivity index is 1.87. The molecule has 1 aromatic rings. The molecule has 1 aromatic carbocycles. The lowest BCUT2D eigenvalue weighted by Gasteiger charge is -2.31. The van der Waals surface area contributed by atoms with Crippen LogP contribution in [0.15, 0.2) is 18.2 Å². The van der Waals surface area contributed by atoms with Gasteiger partial charge in [0.25, 0.3) is 0 Å². The van der Waals surface area contributed by atoms with Gasteiger partial charge in [-0.1, -0.05) is 19.3 Å². The van der Waals surface area contributed by atoms with Crippen molar-refractivity contribution in [3.63, 3.8) is 0 Å². The number of anilines is 2. The molecule has 2 aliphatic rings. The van der Waals surface area contributed by atoms with Gasteiger partial charge in [-0.05, 0) is 50.5 Å². The Morgan fingerprint density at radius 1 is 1.22 bits per heavy atom. The molecule has 124 valence electrons. The van der Waals surface area contributed by atoms with Gasteiger partial charge in [0.1, 0.15) is 0 Å². The van der Waals surface area contributed by atoms with Crippen molar-refractivity contribution < 1.29 is 9.59 Å². The van der Waals surface area contributed by atoms with E-state index in [0.29, 0.717) is 13.1 Å². The fraction of sp³-hybridized carbons (Fsp3) is 0.556. The highest BCUT2D eigenvalue weighted by Crippen LogP contribution is 2.48. The third-order valence-electron chi connectivity index (χ3n) is 5.23. The van der Waals surface area contributed by atoms with Gasteiger partial charge in [-0.3, -0.25) is 4.79 Å². The van der Waals surface area contributed by atoms with Crippen LogP contribution < -0.4 is 10.6 Å². The standard InChI is InChI=1S/C18H25N3O2/c1-3-21(4-2)17(23)19-13-8-9-15-14(12-13)18(16(22)20-15)10-6-5-7-11-18/h8-9,12H,3-7,10-11H2,1-2H3,(H,19,23)(H,20,22). The zero-order valence-corrected chi connectivity index (χ0v) is 13.9. The molecule has 2 N–H and O–H groups in total. The fourth-order valence-electron chi connectivity index (χ4n) is 3.86. The summed E-state index contributed by atoms with van der Waals surface area (Å²) in [5.74, 6) is 0.124. The normalized spacial score (nSPS) is 18.4. The molecule has 0 aromatic heterocycles. The zero-order valence-electron chi connectivity index (χ0n) is 13.9. The van der Waals surface area contributed by atoms with Crippen molar-refractivity contribution in [3.8, 4) is 0 Å². The van der Waals surface area contributed by atoms with Gasteiger partial charge in [-0.25, -0.2) is 4.79 Å². The number of carbonyl (C=O) groups excluding carboxylic acids is 2. The summed E-state index contributed by atoms with van der Waals surface area (Å²) in [4.78, 5) is 26.5. The van der Waals surface area contributed by atoms with Crippen LogP contribution in [0, 0.1) is 0 Å². The van der Waals surface area contributed by atoms with Crippen molar-refractivity contribution in [2.24, 2.45) is 0 Å². The third kappa shape index (κ3) is 2.69. The van der Waals surface area contributed by atoms with Crippen molar-refractivity contribution in [1.29, 1.82) is 0 Å². The van der Waals surface area contributed by atoms with Crippen LogP contribution in [-0.4, -0.2) is 29.9 Å². The molecule has 0 atom stereocenters. The Bertz CT molecular complexity index is 617. The zero-order chi connectivity index (χ0) is 16.4. The summed E-state index contributed by atoms with van der Waals surface area (Å²) < 4.78 is 0. The number of urea groups is 1. The largest absolute Gasteiger partial charge is 0.325 e. The smallest absolute Gasteiger partial charge is 0.321 e. The average molecular weight is 315 g/mol. The van der Waals surface area contributed by atoms with Crippen LogP contribution in [0.5, 0.6) is 0 Å². The molecule has 0 saturated heterocycles. The summed E-state index contributed by atoms with van der Waals surface area (Å²) in [5, 5.41) is 5.98. The van der Waals surface area contributed by atoms with Gasteiger partial charge >= 0.3 is 6.03 Å². The second-order valence-corrected chi connectivity index (χ2v) is 6.46. The van der Waals surface area contributed by atoms with E-state index in [1.165, 1.54) is 6.42 Å². The first-order valence-corrected chi connectivity index (χ1v) is 8.62. The lowest BCUT2D eigenvalue weighted by molar-refractivity contribution is -0.121. The van der Waals surface area contributed by atoms with E-state index in [4.69, 9.17) is 0 Å². The monoisotopic (exact) mass is 315 g/mol. The van der Waals surface area contributed by atoms with Crippen molar-refractivity contribution >= 4 is 23.3 Å². The maximum absolute atomic E-state index is 12.5. The van der Waals surface area contributed by atoms with Gasteiger partial charge in [0, 0.05) is 24.5 Å². The number of hydrogen-bond acceptors (Lipinski definition) is 2. The van der Waals surface area contributed by atoms with Gasteiger partial charge in [-0.2, -0.15) is 0 Å². The van der Waals surface area contributed by atoms with Crippen LogP contribution in [0.1, 0.15) is 51.5 Å². The summed E-state index contributed by atoms with van der Waals surface area (Å²) in [6, 6.07) is 5.67. The van der Waals surface area contributed by atoms with Crippen molar-refractivity contribution in [2.45, 2.75) is 51.4 Å². The first kappa shape index (κ1) is 15.8. The van der Waals surface area contributed by atoms with Crippen LogP contribution in [0.2, 0.25) is 0 Å². The first-order chi connectivity index (χ1) is 11.1. The Labute approximate surface area is 137 Å². The topological polar surface area (TPSA) is 61.4 Å². The minimum absolute atomic E-state index is 0.0927. The number of nitrogens with zero attached hydrogens (tertiary/aromatic N) is 1. The molecule has 1 aliphatic heterocycles. The number of benzene rings is 1. The van der Waals surface area contributed by atoms with Gasteiger partial charge in [0.05, 0.1) is 5.41 Å². The fourth-order valence-corrected chi connectivity index (χ4v) is 3.86. The molecule has 0 bridgehead atoms. The molecular formula is C18H25N3O2. The van der Waals surface area contributed by atoms with Crippen LogP contribution in [0.3, 0.4) is 0 Å². The number of carbonyl (C=O) groups is 2. The number of rotatable bonds is 3. The third-order valence-corrected chi connectivity index (χ3v) is 5.23. The maximum atomic E-state index is 12.5. The Hall–Kier alpha value is -2.04. The molecule has 0 unspecified atom stereocenters. The SMILES string of the molecule is CCN(CC)C(=O)Nc1ccc2c(c1)C1(CCCCC1)C(=O)N2. The van der Waals surface area contributed by atoms with E-state index < -0.39 is 0 Å². The van der Waals surface area contributed by atoms with Gasteiger partial charge in [0.15, 0.2) is 0 Å². The molecule has 1 heterocycles. The predicted octanol–water partition coefficient (Wildman–Crippen LogP) is 3.71. The number of fused-ring (bicyclic) bond motifs is 2. The summed E-state index contributed by atoms with van der Waals surface area (Å²) in [5.41, 5.74) is 2.34. The van der Waals surface area contributed by atoms with E-state index in [9.17, 15) is 9.59 Å². The highest BCUT2D eigenvalue weighted by molar-refractivity contribution is 6.07. The van der Waals surface area contributed by atoms with E-state index in [1.807, 2.05) is 32.0 Å². The van der Waals surface area contributed by atoms with Crippen molar-refractivity contribution in [3.05, 3.63) is 23.8 Å². The molecule has 0 radical (unpaired) electrons. The summed E-state index contributed by atoms with van der Waals surface area (Å²) in [7, 11) is 0. The predicted molar refractivity (Wildman–Crippen MR) is 91.8 cm³/mol. The van der Waals surface area contributed by atoms with E-state index >= 15 is 0 Å². The molecule has 23 heavy (non-hydrogen) atoms. The highest BCUT2D eigenvalue weighted by atomic mass is 16.2. The number of hydrogen-bond donors (Lipinski definition) is 2. The lowest BCUT2D eigenvalue weighted by Crippen LogP contribution is -2.36. The Morgan fingerprint density at radius 3 is 2.57 bits per heavy atom. The van der Waals surface area contributed by atoms with E-state index in [2.05, 4.69) is 10.6 Å². The second kappa shape index (κ2) is 6.22. The minimum atomic E-state index is -0.385. The molecule has 1 spiro atoms. The van der Waals surface area contributed by atoms with Gasteiger partial charge in [0.2, 0.25) is 5.91 Å². The summed E-state index contributed by atoms with van der Waals surface area (Å²) >= 11 is 0.